The van der Waals surface area contributed by atoms with Gasteiger partial charge in [0.2, 0.25) is 5.88 Å². The molecule has 2 aromatic carbocycles. The van der Waals surface area contributed by atoms with Crippen molar-refractivity contribution in [1.29, 1.82) is 0 Å². The number of benzene rings is 2. The first-order chi connectivity index (χ1) is 14.3. The summed E-state index contributed by atoms with van der Waals surface area (Å²) in [4.78, 5) is 24.9. The van der Waals surface area contributed by atoms with Gasteiger partial charge < -0.3 is 14.8 Å². The molecule has 0 fully saturated rings. The first kappa shape index (κ1) is 21.1. The second kappa shape index (κ2) is 8.82. The largest absolute Gasteiger partial charge is 0.495 e. The van der Waals surface area contributed by atoms with Gasteiger partial charge in [0.1, 0.15) is 5.75 Å². The Morgan fingerprint density at radius 2 is 1.80 bits per heavy atom. The summed E-state index contributed by atoms with van der Waals surface area (Å²) in [5.74, 6) is 0.374. The molecule has 0 saturated heterocycles. The van der Waals surface area contributed by atoms with Crippen LogP contribution in [0.1, 0.15) is 23.6 Å². The fourth-order valence-electron chi connectivity index (χ4n) is 2.89. The smallest absolute Gasteiger partial charge is 0.271 e. The summed E-state index contributed by atoms with van der Waals surface area (Å²) >= 11 is 0. The molecule has 0 saturated carbocycles. The lowest BCUT2D eigenvalue weighted by Gasteiger charge is -2.16. The summed E-state index contributed by atoms with van der Waals surface area (Å²) in [6.07, 6.45) is -0.839. The zero-order valence-electron chi connectivity index (χ0n) is 17.7. The van der Waals surface area contributed by atoms with E-state index in [1.54, 1.807) is 20.1 Å². The van der Waals surface area contributed by atoms with Crippen molar-refractivity contribution in [2.24, 2.45) is 0 Å². The molecular weight excluding hydrogens is 382 g/mol. The maximum absolute atomic E-state index is 12.6. The van der Waals surface area contributed by atoms with Gasteiger partial charge in [-0.1, -0.05) is 12.1 Å². The number of carbonyl (C=O) groups is 1. The van der Waals surface area contributed by atoms with Crippen LogP contribution in [-0.2, 0) is 4.79 Å². The minimum atomic E-state index is -0.839. The first-order valence-electron chi connectivity index (χ1n) is 9.58. The van der Waals surface area contributed by atoms with Crippen molar-refractivity contribution in [1.82, 2.24) is 9.78 Å². The lowest BCUT2D eigenvalue weighted by molar-refractivity contribution is -0.122. The number of hydrogen-bond acceptors (Lipinski definition) is 5. The van der Waals surface area contributed by atoms with Crippen molar-refractivity contribution < 1.29 is 14.3 Å². The van der Waals surface area contributed by atoms with E-state index in [1.165, 1.54) is 16.8 Å². The lowest BCUT2D eigenvalue weighted by atomic mass is 10.1. The number of nitrogens with zero attached hydrogens (tertiary/aromatic N) is 2. The van der Waals surface area contributed by atoms with Gasteiger partial charge in [-0.2, -0.15) is 4.68 Å². The molecular formula is C23H25N3O4. The molecule has 3 rings (SSSR count). The third-order valence-electron chi connectivity index (χ3n) is 4.79. The third-order valence-corrected chi connectivity index (χ3v) is 4.79. The van der Waals surface area contributed by atoms with Crippen molar-refractivity contribution >= 4 is 11.6 Å². The summed E-state index contributed by atoms with van der Waals surface area (Å²) in [7, 11) is 1.54. The zero-order chi connectivity index (χ0) is 21.8. The Bertz CT molecular complexity index is 1140. The Morgan fingerprint density at radius 1 is 1.03 bits per heavy atom. The highest BCUT2D eigenvalue weighted by Crippen LogP contribution is 2.25. The van der Waals surface area contributed by atoms with E-state index in [0.717, 1.165) is 16.7 Å². The number of amides is 1. The van der Waals surface area contributed by atoms with Crippen LogP contribution in [0.3, 0.4) is 0 Å². The molecule has 7 nitrogen and oxygen atoms in total. The molecule has 0 radical (unpaired) electrons. The van der Waals surface area contributed by atoms with Crippen LogP contribution in [0.2, 0.25) is 0 Å². The van der Waals surface area contributed by atoms with Crippen LogP contribution in [0.25, 0.3) is 5.69 Å². The number of aryl methyl sites for hydroxylation is 3. The van der Waals surface area contributed by atoms with Crippen LogP contribution in [0.15, 0.2) is 53.3 Å². The maximum Gasteiger partial charge on any atom is 0.271 e. The fraction of sp³-hybridized carbons (Fsp3) is 0.261. The number of anilines is 1. The van der Waals surface area contributed by atoms with E-state index < -0.39 is 6.10 Å². The standard InChI is InChI=1S/C23H25N3O4/c1-14-6-9-20(29-5)19(12-14)24-23(28)17(4)30-21-10-11-22(27)26(25-21)18-8-7-15(2)16(3)13-18/h6-13,17H,1-5H3,(H,24,28). The second-order valence-electron chi connectivity index (χ2n) is 7.14. The van der Waals surface area contributed by atoms with Crippen molar-refractivity contribution in [3.05, 3.63) is 75.6 Å². The summed E-state index contributed by atoms with van der Waals surface area (Å²) in [6.45, 7) is 7.51. The Kier molecular flexibility index (Phi) is 6.20. The molecule has 1 atom stereocenters. The number of nitrogens with one attached hydrogen (secondary N) is 1. The average molecular weight is 407 g/mol. The van der Waals surface area contributed by atoms with Crippen LogP contribution >= 0.6 is 0 Å². The number of methoxy groups -OCH3 is 1. The maximum atomic E-state index is 12.6. The molecule has 1 heterocycles. The first-order valence-corrected chi connectivity index (χ1v) is 9.58. The molecule has 0 bridgehead atoms. The monoisotopic (exact) mass is 407 g/mol. The zero-order valence-corrected chi connectivity index (χ0v) is 17.7. The number of carbonyl (C=O) groups excluding carboxylic acids is 1. The predicted octanol–water partition coefficient (Wildman–Crippen LogP) is 3.57. The molecule has 156 valence electrons. The fourth-order valence-corrected chi connectivity index (χ4v) is 2.89. The second-order valence-corrected chi connectivity index (χ2v) is 7.14. The Labute approximate surface area is 175 Å². The molecule has 1 amide bonds. The topological polar surface area (TPSA) is 82.5 Å². The van der Waals surface area contributed by atoms with Gasteiger partial charge in [-0.15, -0.1) is 5.10 Å². The van der Waals surface area contributed by atoms with Crippen LogP contribution in [0.5, 0.6) is 11.6 Å². The average Bonchev–Trinajstić information content (AvgIpc) is 2.71. The Hall–Kier alpha value is -3.61. The van der Waals surface area contributed by atoms with E-state index in [-0.39, 0.29) is 17.3 Å². The van der Waals surface area contributed by atoms with E-state index in [2.05, 4.69) is 10.4 Å². The highest BCUT2D eigenvalue weighted by atomic mass is 16.5. The van der Waals surface area contributed by atoms with Gasteiger partial charge in [-0.3, -0.25) is 9.59 Å². The van der Waals surface area contributed by atoms with Crippen LogP contribution in [0.4, 0.5) is 5.69 Å². The molecule has 0 aliphatic heterocycles. The molecule has 1 unspecified atom stereocenters. The van der Waals surface area contributed by atoms with Crippen LogP contribution in [0, 0.1) is 20.8 Å². The van der Waals surface area contributed by atoms with Crippen molar-refractivity contribution in [3.8, 4) is 17.3 Å². The van der Waals surface area contributed by atoms with E-state index >= 15 is 0 Å². The van der Waals surface area contributed by atoms with E-state index in [4.69, 9.17) is 9.47 Å². The summed E-state index contributed by atoms with van der Waals surface area (Å²) in [5.41, 5.74) is 4.07. The number of rotatable bonds is 6. The summed E-state index contributed by atoms with van der Waals surface area (Å²) < 4.78 is 12.2. The third kappa shape index (κ3) is 4.68. The minimum Gasteiger partial charge on any atom is -0.495 e. The minimum absolute atomic E-state index is 0.173. The molecule has 0 aliphatic carbocycles. The molecule has 3 aromatic rings. The summed E-state index contributed by atoms with van der Waals surface area (Å²) in [5, 5.41) is 7.08. The molecule has 30 heavy (non-hydrogen) atoms. The van der Waals surface area contributed by atoms with Gasteiger partial charge in [0.15, 0.2) is 6.10 Å². The van der Waals surface area contributed by atoms with E-state index in [9.17, 15) is 9.59 Å². The molecule has 1 aromatic heterocycles. The van der Waals surface area contributed by atoms with Crippen LogP contribution < -0.4 is 20.3 Å². The SMILES string of the molecule is COc1ccc(C)cc1NC(=O)C(C)Oc1ccc(=O)n(-c2ccc(C)c(C)c2)n1. The van der Waals surface area contributed by atoms with Gasteiger partial charge in [-0.25, -0.2) is 0 Å². The summed E-state index contributed by atoms with van der Waals surface area (Å²) in [6, 6.07) is 14.0. The van der Waals surface area contributed by atoms with Crippen molar-refractivity contribution in [2.75, 3.05) is 12.4 Å². The highest BCUT2D eigenvalue weighted by molar-refractivity contribution is 5.95. The van der Waals surface area contributed by atoms with Gasteiger partial charge in [0.05, 0.1) is 18.5 Å². The van der Waals surface area contributed by atoms with Gasteiger partial charge in [-0.05, 0) is 68.7 Å². The van der Waals surface area contributed by atoms with Gasteiger partial charge >= 0.3 is 0 Å². The molecule has 0 spiro atoms. The van der Waals surface area contributed by atoms with Gasteiger partial charge in [0.25, 0.3) is 11.5 Å². The van der Waals surface area contributed by atoms with Crippen molar-refractivity contribution in [2.45, 2.75) is 33.8 Å². The predicted molar refractivity (Wildman–Crippen MR) is 116 cm³/mol. The van der Waals surface area contributed by atoms with Crippen LogP contribution in [-0.4, -0.2) is 28.9 Å². The number of ether oxygens (including phenoxy) is 2. The lowest BCUT2D eigenvalue weighted by Crippen LogP contribution is -2.31. The van der Waals surface area contributed by atoms with Crippen molar-refractivity contribution in [3.63, 3.8) is 0 Å². The Morgan fingerprint density at radius 3 is 2.50 bits per heavy atom. The van der Waals surface area contributed by atoms with E-state index in [0.29, 0.717) is 17.1 Å². The highest BCUT2D eigenvalue weighted by Gasteiger charge is 2.18. The molecule has 7 heteroatoms. The molecule has 0 aliphatic rings. The quantitative estimate of drug-likeness (QED) is 0.675. The number of hydrogen-bond donors (Lipinski definition) is 1. The normalized spacial score (nSPS) is 11.6. The van der Waals surface area contributed by atoms with Gasteiger partial charge in [0, 0.05) is 12.1 Å². The Balaban J connectivity index is 1.79. The molecule has 1 N–H and O–H groups in total. The van der Waals surface area contributed by atoms with E-state index in [1.807, 2.05) is 51.1 Å². The number of aromatic nitrogens is 2.